The van der Waals surface area contributed by atoms with E-state index in [0.717, 1.165) is 25.7 Å². The van der Waals surface area contributed by atoms with Crippen molar-refractivity contribution in [2.24, 2.45) is 0 Å². The van der Waals surface area contributed by atoms with E-state index in [1.54, 1.807) is 0 Å². The third-order valence-corrected chi connectivity index (χ3v) is 4.80. The molecule has 2 N–H and O–H groups in total. The lowest BCUT2D eigenvalue weighted by Crippen LogP contribution is -2.56. The highest BCUT2D eigenvalue weighted by Crippen LogP contribution is 2.33. The number of amides is 3. The van der Waals surface area contributed by atoms with Crippen LogP contribution in [-0.4, -0.2) is 64.0 Å². The van der Waals surface area contributed by atoms with Crippen LogP contribution >= 0.6 is 0 Å². The van der Waals surface area contributed by atoms with Crippen molar-refractivity contribution < 1.29 is 19.5 Å². The van der Waals surface area contributed by atoms with Crippen LogP contribution in [0.1, 0.15) is 38.5 Å². The molecule has 0 radical (unpaired) electrons. The van der Waals surface area contributed by atoms with Crippen molar-refractivity contribution in [2.45, 2.75) is 56.7 Å². The molecule has 3 aliphatic rings. The maximum absolute atomic E-state index is 12.4. The molecule has 0 spiro atoms. The smallest absolute Gasteiger partial charge is 0.407 e. The van der Waals surface area contributed by atoms with Crippen LogP contribution in [0.25, 0.3) is 0 Å². The average Bonchev–Trinajstić information content (AvgIpc) is 2.71. The molecule has 0 saturated carbocycles. The van der Waals surface area contributed by atoms with Gasteiger partial charge in [-0.1, -0.05) is 0 Å². The summed E-state index contributed by atoms with van der Waals surface area (Å²) in [7, 11) is 0. The van der Waals surface area contributed by atoms with Crippen molar-refractivity contribution in [3.8, 4) is 0 Å². The van der Waals surface area contributed by atoms with Gasteiger partial charge in [0.2, 0.25) is 0 Å². The Labute approximate surface area is 123 Å². The number of carboxylic acid groups (broad SMARTS) is 1. The number of urea groups is 1. The van der Waals surface area contributed by atoms with E-state index in [1.807, 2.05) is 4.90 Å². The molecular formula is C14H21N3O4. The molecule has 3 unspecified atom stereocenters. The van der Waals surface area contributed by atoms with Gasteiger partial charge in [0.1, 0.15) is 5.78 Å². The van der Waals surface area contributed by atoms with E-state index >= 15 is 0 Å². The monoisotopic (exact) mass is 295 g/mol. The van der Waals surface area contributed by atoms with E-state index in [4.69, 9.17) is 5.11 Å². The van der Waals surface area contributed by atoms with Crippen LogP contribution in [-0.2, 0) is 4.79 Å². The fourth-order valence-electron chi connectivity index (χ4n) is 3.82. The molecule has 0 aromatic carbocycles. The minimum absolute atomic E-state index is 0.0374. The third-order valence-electron chi connectivity index (χ3n) is 4.80. The highest BCUT2D eigenvalue weighted by Gasteiger charge is 2.43. The van der Waals surface area contributed by atoms with Crippen molar-refractivity contribution in [2.75, 3.05) is 13.1 Å². The second-order valence-corrected chi connectivity index (χ2v) is 6.26. The van der Waals surface area contributed by atoms with Crippen LogP contribution in [0.5, 0.6) is 0 Å². The summed E-state index contributed by atoms with van der Waals surface area (Å²) in [5, 5.41) is 12.0. The highest BCUT2D eigenvalue weighted by atomic mass is 16.4. The minimum atomic E-state index is -0.933. The van der Waals surface area contributed by atoms with Crippen LogP contribution in [0, 0.1) is 0 Å². The van der Waals surface area contributed by atoms with Crippen LogP contribution in [0.3, 0.4) is 0 Å². The Morgan fingerprint density at radius 2 is 1.81 bits per heavy atom. The van der Waals surface area contributed by atoms with Gasteiger partial charge in [-0.3, -0.25) is 4.79 Å². The van der Waals surface area contributed by atoms with Gasteiger partial charge in [-0.2, -0.15) is 0 Å². The molecule has 0 aromatic heterocycles. The van der Waals surface area contributed by atoms with E-state index in [-0.39, 0.29) is 29.9 Å². The predicted octanol–water partition coefficient (Wildman–Crippen LogP) is 1.03. The molecule has 3 rings (SSSR count). The Hall–Kier alpha value is -1.79. The van der Waals surface area contributed by atoms with E-state index < -0.39 is 6.09 Å². The largest absolute Gasteiger partial charge is 0.465 e. The summed E-state index contributed by atoms with van der Waals surface area (Å²) in [6.07, 6.45) is 3.37. The van der Waals surface area contributed by atoms with Crippen molar-refractivity contribution in [3.63, 3.8) is 0 Å². The van der Waals surface area contributed by atoms with Crippen molar-refractivity contribution in [1.29, 1.82) is 0 Å². The molecule has 0 aliphatic carbocycles. The van der Waals surface area contributed by atoms with Gasteiger partial charge in [0.25, 0.3) is 0 Å². The molecule has 3 fully saturated rings. The first kappa shape index (κ1) is 14.2. The van der Waals surface area contributed by atoms with Crippen LogP contribution in [0.4, 0.5) is 9.59 Å². The minimum Gasteiger partial charge on any atom is -0.465 e. The summed E-state index contributed by atoms with van der Waals surface area (Å²) in [5.41, 5.74) is 0. The number of nitrogens with one attached hydrogen (secondary N) is 1. The molecule has 2 bridgehead atoms. The van der Waals surface area contributed by atoms with Gasteiger partial charge in [-0.25, -0.2) is 9.59 Å². The van der Waals surface area contributed by atoms with Crippen LogP contribution in [0.15, 0.2) is 0 Å². The number of carbonyl (C=O) groups excluding carboxylic acids is 2. The molecule has 7 heteroatoms. The number of fused-ring (bicyclic) bond motifs is 2. The number of rotatable bonds is 1. The summed E-state index contributed by atoms with van der Waals surface area (Å²) in [6.45, 7) is 0.883. The zero-order valence-corrected chi connectivity index (χ0v) is 12.0. The highest BCUT2D eigenvalue weighted by molar-refractivity contribution is 5.85. The number of likely N-dealkylation sites (tertiary alicyclic amines) is 1. The van der Waals surface area contributed by atoms with Gasteiger partial charge in [-0.05, 0) is 25.7 Å². The number of ketones is 1. The maximum Gasteiger partial charge on any atom is 0.407 e. The summed E-state index contributed by atoms with van der Waals surface area (Å²) < 4.78 is 0. The third kappa shape index (κ3) is 2.82. The van der Waals surface area contributed by atoms with Crippen molar-refractivity contribution in [3.05, 3.63) is 0 Å². The first-order valence-electron chi connectivity index (χ1n) is 7.63. The zero-order valence-electron chi connectivity index (χ0n) is 12.0. The van der Waals surface area contributed by atoms with E-state index in [0.29, 0.717) is 25.9 Å². The Morgan fingerprint density at radius 1 is 1.14 bits per heavy atom. The molecule has 3 aliphatic heterocycles. The fourth-order valence-corrected chi connectivity index (χ4v) is 3.82. The van der Waals surface area contributed by atoms with E-state index in [9.17, 15) is 14.4 Å². The lowest BCUT2D eigenvalue weighted by atomic mass is 10.0. The first-order valence-corrected chi connectivity index (χ1v) is 7.63. The van der Waals surface area contributed by atoms with E-state index in [2.05, 4.69) is 5.32 Å². The molecule has 0 aromatic rings. The number of piperidine rings is 2. The second-order valence-electron chi connectivity index (χ2n) is 6.26. The molecule has 3 heterocycles. The Balaban J connectivity index is 1.59. The standard InChI is InChI=1S/C14H21N3O4/c18-12-6-10-3-4-11(7-12)17(10)13(19)15-9-2-1-5-16(8-9)14(20)21/h9-11H,1-8H2,(H,15,19)(H,20,21). The zero-order chi connectivity index (χ0) is 15.0. The quantitative estimate of drug-likeness (QED) is 0.756. The van der Waals surface area contributed by atoms with Gasteiger partial charge in [-0.15, -0.1) is 0 Å². The van der Waals surface area contributed by atoms with Crippen LogP contribution < -0.4 is 5.32 Å². The van der Waals surface area contributed by atoms with Gasteiger partial charge >= 0.3 is 12.1 Å². The Bertz CT molecular complexity index is 451. The number of carbonyl (C=O) groups is 3. The number of Topliss-reactive ketones (excluding diaryl/α,β-unsaturated/α-hetero) is 1. The Morgan fingerprint density at radius 3 is 2.43 bits per heavy atom. The summed E-state index contributed by atoms with van der Waals surface area (Å²) >= 11 is 0. The molecular weight excluding hydrogens is 274 g/mol. The lowest BCUT2D eigenvalue weighted by molar-refractivity contribution is -0.122. The maximum atomic E-state index is 12.4. The summed E-state index contributed by atoms with van der Waals surface area (Å²) in [5.74, 6) is 0.251. The number of hydrogen-bond donors (Lipinski definition) is 2. The molecule has 3 amide bonds. The fraction of sp³-hybridized carbons (Fsp3) is 0.786. The first-order chi connectivity index (χ1) is 10.0. The number of nitrogens with zero attached hydrogens (tertiary/aromatic N) is 2. The summed E-state index contributed by atoms with van der Waals surface area (Å²) in [4.78, 5) is 38.2. The Kier molecular flexibility index (Phi) is 3.73. The SMILES string of the molecule is O=C1CC2CCC(C1)N2C(=O)NC1CCCN(C(=O)O)C1. The molecule has 7 nitrogen and oxygen atoms in total. The van der Waals surface area contributed by atoms with E-state index in [1.165, 1.54) is 4.90 Å². The van der Waals surface area contributed by atoms with Gasteiger partial charge < -0.3 is 20.2 Å². The topological polar surface area (TPSA) is 90.0 Å². The molecule has 3 atom stereocenters. The normalized spacial score (nSPS) is 32.2. The van der Waals surface area contributed by atoms with Crippen molar-refractivity contribution >= 4 is 17.9 Å². The molecule has 3 saturated heterocycles. The molecule has 21 heavy (non-hydrogen) atoms. The van der Waals surface area contributed by atoms with Crippen LogP contribution in [0.2, 0.25) is 0 Å². The predicted molar refractivity (Wildman–Crippen MR) is 74.0 cm³/mol. The summed E-state index contributed by atoms with van der Waals surface area (Å²) in [6, 6.07) is -0.183. The number of hydrogen-bond acceptors (Lipinski definition) is 3. The lowest BCUT2D eigenvalue weighted by Gasteiger charge is -2.37. The van der Waals surface area contributed by atoms with Crippen molar-refractivity contribution in [1.82, 2.24) is 15.1 Å². The second kappa shape index (κ2) is 5.54. The molecule has 116 valence electrons. The average molecular weight is 295 g/mol. The van der Waals surface area contributed by atoms with Gasteiger partial charge in [0, 0.05) is 44.1 Å². The van der Waals surface area contributed by atoms with Gasteiger partial charge in [0.05, 0.1) is 0 Å². The van der Waals surface area contributed by atoms with Gasteiger partial charge in [0.15, 0.2) is 0 Å².